The Morgan fingerprint density at radius 2 is 1.08 bits per heavy atom. The number of hydrogen-bond donors (Lipinski definition) is 7. The van der Waals surface area contributed by atoms with E-state index in [1.54, 1.807) is 0 Å². The molecule has 28 heteroatoms. The molecule has 0 spiro atoms. The van der Waals surface area contributed by atoms with Crippen molar-refractivity contribution in [2.75, 3.05) is 5.73 Å². The Labute approximate surface area is 335 Å². The van der Waals surface area contributed by atoms with Gasteiger partial charge in [0.1, 0.15) is 42.4 Å². The van der Waals surface area contributed by atoms with E-state index >= 15 is 0 Å². The predicted molar refractivity (Wildman–Crippen MR) is 207 cm³/mol. The van der Waals surface area contributed by atoms with E-state index in [4.69, 9.17) is 5.73 Å². The molecule has 0 aliphatic heterocycles. The number of benzene rings is 6. The molecule has 6 aromatic carbocycles. The summed E-state index contributed by atoms with van der Waals surface area (Å²) in [5.41, 5.74) is 1.60. The van der Waals surface area contributed by atoms with Crippen molar-refractivity contribution in [1.82, 2.24) is 0 Å². The van der Waals surface area contributed by atoms with Gasteiger partial charge in [0.15, 0.2) is 11.4 Å². The lowest BCUT2D eigenvalue weighted by Crippen LogP contribution is -2.04. The zero-order valence-electron chi connectivity index (χ0n) is 29.2. The number of fused-ring (bicyclic) bond motifs is 2. The van der Waals surface area contributed by atoms with Crippen LogP contribution < -0.4 is 5.73 Å². The van der Waals surface area contributed by atoms with Gasteiger partial charge >= 0.3 is 0 Å². The van der Waals surface area contributed by atoms with Crippen LogP contribution in [0.2, 0.25) is 0 Å². The molecular formula is C32H22N8O16S4. The van der Waals surface area contributed by atoms with Crippen LogP contribution in [0.1, 0.15) is 0 Å². The van der Waals surface area contributed by atoms with Crippen molar-refractivity contribution in [3.05, 3.63) is 95.0 Å². The highest BCUT2D eigenvalue weighted by Crippen LogP contribution is 2.49. The van der Waals surface area contributed by atoms with Gasteiger partial charge in [0.2, 0.25) is 0 Å². The summed E-state index contributed by atoms with van der Waals surface area (Å²) < 4.78 is 136. The number of nitrogens with two attached hydrogens (primary N) is 1. The molecule has 310 valence electrons. The summed E-state index contributed by atoms with van der Waals surface area (Å²) >= 11 is 0. The SMILES string of the molecule is Nc1c(N=Nc2ccc(N=Nc3ccccc3S(=O)(=O)O)c3cccc(O)c23)cc(S(=O)(=O)O)c2cc(S(=O)(=O)O)c(N=Nc3ccc(S(=O)(=O)O)cc3[N+](=O)[O-])c(O)c12. The van der Waals surface area contributed by atoms with Crippen molar-refractivity contribution in [3.8, 4) is 11.5 Å². The Hall–Kier alpha value is -6.92. The minimum Gasteiger partial charge on any atom is -0.507 e. The maximum atomic E-state index is 12.6. The van der Waals surface area contributed by atoms with E-state index in [2.05, 4.69) is 30.7 Å². The minimum absolute atomic E-state index is 0.0443. The molecule has 0 aliphatic carbocycles. The Bertz CT molecular complexity index is 3400. The van der Waals surface area contributed by atoms with Crippen molar-refractivity contribution >= 4 is 108 Å². The summed E-state index contributed by atoms with van der Waals surface area (Å²) in [7, 11) is -20.5. The zero-order chi connectivity index (χ0) is 44.1. The number of nitrogens with zero attached hydrogens (tertiary/aromatic N) is 7. The van der Waals surface area contributed by atoms with Gasteiger partial charge in [0, 0.05) is 16.8 Å². The molecular weight excluding hydrogens is 881 g/mol. The first kappa shape index (κ1) is 42.7. The summed E-state index contributed by atoms with van der Waals surface area (Å²) in [5, 5.41) is 55.3. The summed E-state index contributed by atoms with van der Waals surface area (Å²) in [4.78, 5) is 6.55. The van der Waals surface area contributed by atoms with Gasteiger partial charge in [-0.05, 0) is 54.6 Å². The summed E-state index contributed by atoms with van der Waals surface area (Å²) in [6.45, 7) is 0. The van der Waals surface area contributed by atoms with Gasteiger partial charge in [0.05, 0.1) is 32.8 Å². The average molecular weight is 903 g/mol. The first-order valence-corrected chi connectivity index (χ1v) is 21.5. The molecule has 60 heavy (non-hydrogen) atoms. The van der Waals surface area contributed by atoms with Crippen LogP contribution >= 0.6 is 0 Å². The number of anilines is 1. The third-order valence-electron chi connectivity index (χ3n) is 8.22. The van der Waals surface area contributed by atoms with Crippen LogP contribution in [0.5, 0.6) is 11.5 Å². The number of nitrogen functional groups attached to an aromatic ring is 1. The highest BCUT2D eigenvalue weighted by Gasteiger charge is 2.29. The molecule has 0 bridgehead atoms. The topological polar surface area (TPSA) is 401 Å². The van der Waals surface area contributed by atoms with E-state index in [-0.39, 0.29) is 27.8 Å². The Morgan fingerprint density at radius 3 is 1.72 bits per heavy atom. The summed E-state index contributed by atoms with van der Waals surface area (Å²) in [6, 6.07) is 14.6. The summed E-state index contributed by atoms with van der Waals surface area (Å²) in [5.74, 6) is -1.74. The van der Waals surface area contributed by atoms with Crippen molar-refractivity contribution < 1.29 is 67.0 Å². The Balaban J connectivity index is 1.54. The largest absolute Gasteiger partial charge is 0.507 e. The molecule has 24 nitrogen and oxygen atoms in total. The number of rotatable bonds is 11. The maximum Gasteiger partial charge on any atom is 0.298 e. The fourth-order valence-electron chi connectivity index (χ4n) is 5.59. The smallest absolute Gasteiger partial charge is 0.298 e. The molecule has 0 unspecified atom stereocenters. The molecule has 6 aromatic rings. The number of nitro groups is 1. The Kier molecular flexibility index (Phi) is 10.9. The predicted octanol–water partition coefficient (Wildman–Crippen LogP) is 7.13. The molecule has 0 heterocycles. The van der Waals surface area contributed by atoms with Gasteiger partial charge < -0.3 is 15.9 Å². The number of phenolic OH excluding ortho intramolecular Hbond substituents is 2. The quantitative estimate of drug-likeness (QED) is 0.0223. The maximum absolute atomic E-state index is 12.6. The number of aromatic hydroxyl groups is 2. The molecule has 0 aliphatic rings. The van der Waals surface area contributed by atoms with E-state index < -0.39 is 116 Å². The van der Waals surface area contributed by atoms with Crippen LogP contribution in [0.4, 0.5) is 45.5 Å². The third-order valence-corrected chi connectivity index (χ3v) is 11.7. The van der Waals surface area contributed by atoms with Gasteiger partial charge in [0.25, 0.3) is 46.2 Å². The second kappa shape index (κ2) is 15.4. The average Bonchev–Trinajstić information content (AvgIpc) is 3.14. The van der Waals surface area contributed by atoms with Crippen LogP contribution in [-0.4, -0.2) is 67.0 Å². The molecule has 0 atom stereocenters. The van der Waals surface area contributed by atoms with E-state index in [1.165, 1.54) is 48.5 Å². The van der Waals surface area contributed by atoms with E-state index in [1.807, 2.05) is 0 Å². The van der Waals surface area contributed by atoms with Crippen LogP contribution in [-0.2, 0) is 40.5 Å². The summed E-state index contributed by atoms with van der Waals surface area (Å²) in [6.07, 6.45) is 0. The van der Waals surface area contributed by atoms with Crippen molar-refractivity contribution in [2.45, 2.75) is 19.6 Å². The number of nitro benzene ring substituents is 1. The lowest BCUT2D eigenvalue weighted by atomic mass is 10.0. The van der Waals surface area contributed by atoms with Crippen LogP contribution in [0.25, 0.3) is 21.5 Å². The van der Waals surface area contributed by atoms with Crippen molar-refractivity contribution in [3.63, 3.8) is 0 Å². The number of phenols is 2. The number of azo groups is 3. The molecule has 0 fully saturated rings. The van der Waals surface area contributed by atoms with Gasteiger partial charge in [-0.2, -0.15) is 33.7 Å². The molecule has 0 aromatic heterocycles. The lowest BCUT2D eigenvalue weighted by Gasteiger charge is -2.14. The van der Waals surface area contributed by atoms with Crippen LogP contribution in [0.15, 0.2) is 135 Å². The van der Waals surface area contributed by atoms with Crippen LogP contribution in [0, 0.1) is 10.1 Å². The molecule has 0 radical (unpaired) electrons. The highest BCUT2D eigenvalue weighted by atomic mass is 32.2. The van der Waals surface area contributed by atoms with E-state index in [0.717, 1.165) is 6.07 Å². The van der Waals surface area contributed by atoms with Crippen molar-refractivity contribution in [2.24, 2.45) is 30.7 Å². The first-order chi connectivity index (χ1) is 27.9. The highest BCUT2D eigenvalue weighted by molar-refractivity contribution is 7.86. The fourth-order valence-corrected chi connectivity index (χ4v) is 8.07. The third kappa shape index (κ3) is 8.46. The fraction of sp³-hybridized carbons (Fsp3) is 0. The van der Waals surface area contributed by atoms with E-state index in [0.29, 0.717) is 30.3 Å². The van der Waals surface area contributed by atoms with Gasteiger partial charge in [-0.1, -0.05) is 24.3 Å². The molecule has 0 saturated heterocycles. The van der Waals surface area contributed by atoms with Gasteiger partial charge in [-0.3, -0.25) is 28.3 Å². The van der Waals surface area contributed by atoms with E-state index in [9.17, 15) is 72.2 Å². The minimum atomic E-state index is -5.49. The van der Waals surface area contributed by atoms with Gasteiger partial charge in [-0.15, -0.1) is 30.7 Å². The monoisotopic (exact) mass is 902 g/mol. The first-order valence-electron chi connectivity index (χ1n) is 15.8. The normalized spacial score (nSPS) is 13.0. The molecule has 8 N–H and O–H groups in total. The second-order valence-electron chi connectivity index (χ2n) is 12.0. The standard InChI is InChI=1S/C32H22N8O16S4/c33-30-22(38-37-21-11-10-18(16-4-3-6-24(41)28(16)21)34-36-20-5-1-2-7-25(20)58(48,49)50)14-26(59(51,52)53)17-13-27(60(54,55)56)31(32(42)29(17)30)39-35-19-9-8-15(57(45,46)47)12-23(19)40(43)44/h1-14,41-42H,33H2,(H,45,46,47)(H,48,49,50)(H,51,52,53)(H,54,55,56). The second-order valence-corrected chi connectivity index (χ2v) is 17.6. The number of hydrogen-bond acceptors (Lipinski definition) is 19. The lowest BCUT2D eigenvalue weighted by molar-refractivity contribution is -0.384. The van der Waals surface area contributed by atoms with Gasteiger partial charge in [-0.25, -0.2) is 0 Å². The Morgan fingerprint density at radius 1 is 0.517 bits per heavy atom. The zero-order valence-corrected chi connectivity index (χ0v) is 32.5. The molecule has 6 rings (SSSR count). The molecule has 0 saturated carbocycles. The van der Waals surface area contributed by atoms with Crippen molar-refractivity contribution in [1.29, 1.82) is 0 Å². The molecule has 0 amide bonds. The van der Waals surface area contributed by atoms with Crippen LogP contribution in [0.3, 0.4) is 0 Å².